The Kier molecular flexibility index (Phi) is 14.3. The molecule has 1 saturated heterocycles. The third-order valence-corrected chi connectivity index (χ3v) is 9.67. The zero-order valence-electron chi connectivity index (χ0n) is 27.5. The number of thiazole rings is 1. The van der Waals surface area contributed by atoms with Gasteiger partial charge in [0, 0.05) is 38.8 Å². The molecule has 44 heavy (non-hydrogen) atoms. The van der Waals surface area contributed by atoms with Gasteiger partial charge >= 0.3 is 0 Å². The molecule has 3 amide bonds. The molecule has 7 atom stereocenters. The van der Waals surface area contributed by atoms with Gasteiger partial charge in [0.05, 0.1) is 42.7 Å². The lowest BCUT2D eigenvalue weighted by atomic mass is 9.91. The van der Waals surface area contributed by atoms with E-state index < -0.39 is 18.1 Å². The normalized spacial score (nSPS) is 19.2. The maximum atomic E-state index is 13.8. The van der Waals surface area contributed by atoms with Crippen LogP contribution in [0.1, 0.15) is 83.3 Å². The van der Waals surface area contributed by atoms with Crippen molar-refractivity contribution in [3.8, 4) is 0 Å². The van der Waals surface area contributed by atoms with Crippen molar-refractivity contribution in [1.82, 2.24) is 20.5 Å². The SMILES string of the molecule is CCC(C)C(NC(=O)CC(C)C)C(CC(=O)N1CCCC1C(OC)C(C)C(=O)NC(Cc1ccccc1)c1nccs1)OC. The maximum absolute atomic E-state index is 13.8. The van der Waals surface area contributed by atoms with Gasteiger partial charge in [-0.05, 0) is 36.7 Å². The highest BCUT2D eigenvalue weighted by molar-refractivity contribution is 7.09. The molecular weight excluding hydrogens is 576 g/mol. The molecule has 1 aromatic carbocycles. The lowest BCUT2D eigenvalue weighted by Gasteiger charge is -2.36. The molecule has 0 bridgehead atoms. The molecule has 2 heterocycles. The van der Waals surface area contributed by atoms with Gasteiger partial charge in [-0.3, -0.25) is 14.4 Å². The summed E-state index contributed by atoms with van der Waals surface area (Å²) in [7, 11) is 3.21. The van der Waals surface area contributed by atoms with Crippen molar-refractivity contribution in [3.63, 3.8) is 0 Å². The molecule has 10 heteroatoms. The van der Waals surface area contributed by atoms with Crippen molar-refractivity contribution in [1.29, 1.82) is 0 Å². The van der Waals surface area contributed by atoms with E-state index in [4.69, 9.17) is 9.47 Å². The van der Waals surface area contributed by atoms with Gasteiger partial charge in [0.15, 0.2) is 0 Å². The number of nitrogens with zero attached hydrogens (tertiary/aromatic N) is 2. The van der Waals surface area contributed by atoms with Crippen molar-refractivity contribution in [3.05, 3.63) is 52.5 Å². The molecule has 3 rings (SSSR count). The van der Waals surface area contributed by atoms with Crippen LogP contribution in [0.5, 0.6) is 0 Å². The van der Waals surface area contributed by atoms with Crippen LogP contribution in [-0.4, -0.2) is 72.7 Å². The van der Waals surface area contributed by atoms with Gasteiger partial charge in [-0.15, -0.1) is 11.3 Å². The Morgan fingerprint density at radius 3 is 2.36 bits per heavy atom. The molecule has 1 fully saturated rings. The van der Waals surface area contributed by atoms with Gasteiger partial charge in [0.2, 0.25) is 17.7 Å². The van der Waals surface area contributed by atoms with Crippen molar-refractivity contribution < 1.29 is 23.9 Å². The van der Waals surface area contributed by atoms with Crippen LogP contribution in [0.25, 0.3) is 0 Å². The van der Waals surface area contributed by atoms with Crippen molar-refractivity contribution >= 4 is 29.1 Å². The topological polar surface area (TPSA) is 110 Å². The monoisotopic (exact) mass is 628 g/mol. The van der Waals surface area contributed by atoms with E-state index >= 15 is 0 Å². The average molecular weight is 629 g/mol. The average Bonchev–Trinajstić information content (AvgIpc) is 3.72. The van der Waals surface area contributed by atoms with E-state index in [0.717, 1.165) is 29.8 Å². The number of likely N-dealkylation sites (tertiary alicyclic amines) is 1. The summed E-state index contributed by atoms with van der Waals surface area (Å²) in [5.74, 6) is -0.340. The van der Waals surface area contributed by atoms with Crippen LogP contribution in [-0.2, 0) is 30.3 Å². The molecule has 0 aliphatic carbocycles. The molecule has 9 nitrogen and oxygen atoms in total. The number of benzene rings is 1. The minimum absolute atomic E-state index is 0.0264. The van der Waals surface area contributed by atoms with Gasteiger partial charge in [0.25, 0.3) is 0 Å². The molecule has 1 aromatic heterocycles. The minimum Gasteiger partial charge on any atom is -0.379 e. The van der Waals surface area contributed by atoms with Gasteiger partial charge in [-0.25, -0.2) is 4.98 Å². The molecule has 7 unspecified atom stereocenters. The molecule has 0 radical (unpaired) electrons. The number of hydrogen-bond donors (Lipinski definition) is 2. The summed E-state index contributed by atoms with van der Waals surface area (Å²) in [5, 5.41) is 9.14. The predicted octanol–water partition coefficient (Wildman–Crippen LogP) is 5.17. The number of aromatic nitrogens is 1. The summed E-state index contributed by atoms with van der Waals surface area (Å²) >= 11 is 1.52. The Morgan fingerprint density at radius 2 is 1.77 bits per heavy atom. The van der Waals surface area contributed by atoms with Crippen LogP contribution in [0.3, 0.4) is 0 Å². The number of carbonyl (C=O) groups is 3. The molecule has 1 aliphatic rings. The molecule has 0 saturated carbocycles. The molecule has 1 aliphatic heterocycles. The second-order valence-corrected chi connectivity index (χ2v) is 13.4. The first-order chi connectivity index (χ1) is 21.1. The second kappa shape index (κ2) is 17.6. The first-order valence-electron chi connectivity index (χ1n) is 16.0. The van der Waals surface area contributed by atoms with Crippen LogP contribution >= 0.6 is 11.3 Å². The number of carbonyl (C=O) groups excluding carboxylic acids is 3. The van der Waals surface area contributed by atoms with Crippen molar-refractivity contribution in [2.24, 2.45) is 17.8 Å². The zero-order valence-corrected chi connectivity index (χ0v) is 28.3. The smallest absolute Gasteiger partial charge is 0.226 e. The summed E-state index contributed by atoms with van der Waals surface area (Å²) in [4.78, 5) is 46.6. The summed E-state index contributed by atoms with van der Waals surface area (Å²) in [6.45, 7) is 10.6. The second-order valence-electron chi connectivity index (χ2n) is 12.5. The number of nitrogens with one attached hydrogen (secondary N) is 2. The maximum Gasteiger partial charge on any atom is 0.226 e. The summed E-state index contributed by atoms with van der Waals surface area (Å²) < 4.78 is 11.8. The van der Waals surface area contributed by atoms with E-state index in [-0.39, 0.29) is 54.1 Å². The molecular formula is C34H52N4O5S. The van der Waals surface area contributed by atoms with E-state index in [1.807, 2.05) is 61.4 Å². The zero-order chi connectivity index (χ0) is 32.2. The highest BCUT2D eigenvalue weighted by atomic mass is 32.1. The Hall–Kier alpha value is -2.82. The Labute approximate surface area is 267 Å². The number of hydrogen-bond acceptors (Lipinski definition) is 7. The third-order valence-electron chi connectivity index (χ3n) is 8.78. The predicted molar refractivity (Wildman–Crippen MR) is 174 cm³/mol. The lowest BCUT2D eigenvalue weighted by molar-refractivity contribution is -0.143. The fourth-order valence-electron chi connectivity index (χ4n) is 6.16. The first-order valence-corrected chi connectivity index (χ1v) is 16.9. The summed E-state index contributed by atoms with van der Waals surface area (Å²) in [6, 6.07) is 9.26. The van der Waals surface area contributed by atoms with Crippen molar-refractivity contribution in [2.75, 3.05) is 20.8 Å². The van der Waals surface area contributed by atoms with Gasteiger partial charge < -0.3 is 25.0 Å². The van der Waals surface area contributed by atoms with E-state index in [2.05, 4.69) is 29.5 Å². The number of rotatable bonds is 17. The van der Waals surface area contributed by atoms with Gasteiger partial charge in [-0.1, -0.05) is 71.4 Å². The first kappa shape index (κ1) is 35.7. The van der Waals surface area contributed by atoms with E-state index in [9.17, 15) is 14.4 Å². The quantitative estimate of drug-likeness (QED) is 0.250. The standard InChI is InChI=1S/C34H52N4O5S/c1-8-23(4)31(37-29(39)19-22(2)3)28(42-6)21-30(40)38-17-12-15-27(38)32(43-7)24(5)33(41)36-26(34-35-16-18-44-34)20-25-13-10-9-11-14-25/h9-11,13-14,16,18,22-24,26-28,31-32H,8,12,15,17,19-21H2,1-7H3,(H,36,41)(H,37,39). The molecule has 244 valence electrons. The lowest BCUT2D eigenvalue weighted by Crippen LogP contribution is -2.53. The largest absolute Gasteiger partial charge is 0.379 e. The Morgan fingerprint density at radius 1 is 1.05 bits per heavy atom. The van der Waals surface area contributed by atoms with E-state index in [1.165, 1.54) is 11.3 Å². The minimum atomic E-state index is -0.502. The Balaban J connectivity index is 1.72. The molecule has 2 aromatic rings. The highest BCUT2D eigenvalue weighted by Crippen LogP contribution is 2.29. The highest BCUT2D eigenvalue weighted by Gasteiger charge is 2.41. The van der Waals surface area contributed by atoms with Gasteiger partial charge in [-0.2, -0.15) is 0 Å². The number of ether oxygens (including phenoxy) is 2. The van der Waals surface area contributed by atoms with Crippen LogP contribution in [0, 0.1) is 17.8 Å². The fraction of sp³-hybridized carbons (Fsp3) is 0.647. The van der Waals surface area contributed by atoms with Gasteiger partial charge in [0.1, 0.15) is 5.01 Å². The molecule has 2 N–H and O–H groups in total. The summed E-state index contributed by atoms with van der Waals surface area (Å²) in [6.07, 6.45) is 4.43. The third kappa shape index (κ3) is 9.84. The van der Waals surface area contributed by atoms with Crippen LogP contribution in [0.2, 0.25) is 0 Å². The van der Waals surface area contributed by atoms with E-state index in [1.54, 1.807) is 20.4 Å². The van der Waals surface area contributed by atoms with Crippen LogP contribution in [0.15, 0.2) is 41.9 Å². The number of amides is 3. The van der Waals surface area contributed by atoms with Crippen molar-refractivity contribution in [2.45, 2.75) is 103 Å². The Bertz CT molecular complexity index is 1160. The number of methoxy groups -OCH3 is 2. The van der Waals surface area contributed by atoms with Crippen LogP contribution < -0.4 is 10.6 Å². The molecule has 0 spiro atoms. The fourth-order valence-corrected chi connectivity index (χ4v) is 6.85. The van der Waals surface area contributed by atoms with Crippen LogP contribution in [0.4, 0.5) is 0 Å². The van der Waals surface area contributed by atoms with E-state index in [0.29, 0.717) is 19.4 Å². The summed E-state index contributed by atoms with van der Waals surface area (Å²) in [5.41, 5.74) is 1.11.